The molecule has 0 bridgehead atoms. The van der Waals surface area contributed by atoms with Gasteiger partial charge in [0.2, 0.25) is 11.8 Å². The molecule has 2 heterocycles. The molecule has 2 fully saturated rings. The molecule has 0 spiro atoms. The molecule has 3 atom stereocenters. The zero-order chi connectivity index (χ0) is 32.1. The lowest BCUT2D eigenvalue weighted by Crippen LogP contribution is -2.40. The van der Waals surface area contributed by atoms with Crippen LogP contribution in [0.2, 0.25) is 0 Å². The van der Waals surface area contributed by atoms with E-state index in [2.05, 4.69) is 52.7 Å². The maximum atomic E-state index is 12.2. The maximum Gasteiger partial charge on any atom is 0.243 e. The summed E-state index contributed by atoms with van der Waals surface area (Å²) in [7, 11) is 0. The first-order valence-corrected chi connectivity index (χ1v) is 16.6. The molecule has 4 N–H and O–H groups in total. The van der Waals surface area contributed by atoms with Crippen LogP contribution in [0.3, 0.4) is 0 Å². The highest BCUT2D eigenvalue weighted by atomic mass is 16.7. The Balaban J connectivity index is 1.24. The fraction of sp³-hybridized carbons (Fsp3) is 0.459. The smallest absolute Gasteiger partial charge is 0.243 e. The highest BCUT2D eigenvalue weighted by Gasteiger charge is 2.33. The molecule has 0 aliphatic carbocycles. The van der Waals surface area contributed by atoms with Crippen molar-refractivity contribution in [3.05, 3.63) is 95.1 Å². The summed E-state index contributed by atoms with van der Waals surface area (Å²) in [6, 6.07) is 24.4. The van der Waals surface area contributed by atoms with Gasteiger partial charge in [-0.3, -0.25) is 14.8 Å². The molecular weight excluding hydrogens is 582 g/mol. The lowest BCUT2D eigenvalue weighted by Gasteiger charge is -2.38. The molecular formula is C37H47N3O6. The summed E-state index contributed by atoms with van der Waals surface area (Å²) in [4.78, 5) is 25.9. The van der Waals surface area contributed by atoms with Crippen LogP contribution in [0.4, 0.5) is 0 Å². The van der Waals surface area contributed by atoms with Crippen LogP contribution in [-0.2, 0) is 32.2 Å². The van der Waals surface area contributed by atoms with Crippen LogP contribution in [0.5, 0.6) is 0 Å². The molecule has 0 saturated carbocycles. The van der Waals surface area contributed by atoms with Gasteiger partial charge in [-0.25, -0.2) is 5.48 Å². The number of benzene rings is 3. The first-order chi connectivity index (χ1) is 22.5. The lowest BCUT2D eigenvalue weighted by atomic mass is 9.98. The summed E-state index contributed by atoms with van der Waals surface area (Å²) in [5.41, 5.74) is 7.60. The Hall–Kier alpha value is -3.60. The summed E-state index contributed by atoms with van der Waals surface area (Å²) in [5, 5.41) is 21.0. The average molecular weight is 630 g/mol. The van der Waals surface area contributed by atoms with Crippen LogP contribution in [0.1, 0.15) is 92.4 Å². The van der Waals surface area contributed by atoms with Gasteiger partial charge in [-0.2, -0.15) is 0 Å². The van der Waals surface area contributed by atoms with Gasteiger partial charge in [0, 0.05) is 37.9 Å². The van der Waals surface area contributed by atoms with E-state index in [0.29, 0.717) is 13.0 Å². The topological polar surface area (TPSA) is 120 Å². The van der Waals surface area contributed by atoms with Gasteiger partial charge in [0.25, 0.3) is 0 Å². The number of ether oxygens (including phenoxy) is 2. The zero-order valence-corrected chi connectivity index (χ0v) is 26.5. The van der Waals surface area contributed by atoms with Crippen molar-refractivity contribution in [1.82, 2.24) is 15.7 Å². The molecule has 3 unspecified atom stereocenters. The van der Waals surface area contributed by atoms with E-state index in [4.69, 9.17) is 14.7 Å². The van der Waals surface area contributed by atoms with Crippen molar-refractivity contribution in [3.63, 3.8) is 0 Å². The van der Waals surface area contributed by atoms with Crippen molar-refractivity contribution in [1.29, 1.82) is 0 Å². The summed E-state index contributed by atoms with van der Waals surface area (Å²) in [6.45, 7) is 3.53. The van der Waals surface area contributed by atoms with Crippen molar-refractivity contribution < 1.29 is 29.4 Å². The minimum absolute atomic E-state index is 0.0202. The average Bonchev–Trinajstić information content (AvgIpc) is 3.08. The summed E-state index contributed by atoms with van der Waals surface area (Å²) in [6.07, 6.45) is 7.31. The largest absolute Gasteiger partial charge is 0.392 e. The Kier molecular flexibility index (Phi) is 12.7. The third kappa shape index (κ3) is 9.95. The number of carbonyl (C=O) groups excluding carboxylic acids is 2. The summed E-state index contributed by atoms with van der Waals surface area (Å²) in [5.74, 6) is -0.635. The Morgan fingerprint density at radius 1 is 0.783 bits per heavy atom. The molecule has 9 heteroatoms. The number of nitrogens with one attached hydrogen (secondary N) is 2. The number of hydrogen-bond donors (Lipinski definition) is 4. The molecule has 3 aromatic carbocycles. The van der Waals surface area contributed by atoms with Crippen LogP contribution in [0.15, 0.2) is 72.8 Å². The predicted octanol–water partition coefficient (Wildman–Crippen LogP) is 5.95. The molecule has 9 nitrogen and oxygen atoms in total. The number of amides is 2. The lowest BCUT2D eigenvalue weighted by molar-refractivity contribution is -0.253. The van der Waals surface area contributed by atoms with E-state index in [9.17, 15) is 14.7 Å². The quantitative estimate of drug-likeness (QED) is 0.144. The highest BCUT2D eigenvalue weighted by Crippen LogP contribution is 2.39. The second-order valence-electron chi connectivity index (χ2n) is 12.4. The van der Waals surface area contributed by atoms with Crippen molar-refractivity contribution in [2.75, 3.05) is 19.6 Å². The van der Waals surface area contributed by atoms with Gasteiger partial charge in [-0.1, -0.05) is 86.0 Å². The minimum atomic E-state index is -0.496. The Bertz CT molecular complexity index is 1390. The molecule has 3 aromatic rings. The number of rotatable bonds is 12. The van der Waals surface area contributed by atoms with Crippen LogP contribution in [-0.4, -0.2) is 52.8 Å². The normalized spacial score (nSPS) is 20.8. The fourth-order valence-corrected chi connectivity index (χ4v) is 6.26. The van der Waals surface area contributed by atoms with Gasteiger partial charge < -0.3 is 24.8 Å². The standard InChI is InChI=1S/C37H47N3O6/c41-26-27-12-14-30(15-13-27)34-23-33(25-40-20-4-2-1-3-5-21-40)45-37(46-34)31-18-16-29(17-19-31)32-9-6-8-28(22-32)24-38-35(42)10-7-11-36(43)39-44/h6,8-9,12-19,22,33-34,37,41,44H,1-5,7,10-11,20-21,23-26H2,(H,38,42)(H,39,43). The maximum absolute atomic E-state index is 12.2. The number of likely N-dealkylation sites (tertiary alicyclic amines) is 1. The van der Waals surface area contributed by atoms with Crippen molar-refractivity contribution in [2.24, 2.45) is 0 Å². The number of aliphatic hydroxyl groups excluding tert-OH is 1. The van der Waals surface area contributed by atoms with Crippen molar-refractivity contribution >= 4 is 11.8 Å². The second kappa shape index (κ2) is 17.4. The molecule has 2 saturated heterocycles. The predicted molar refractivity (Wildman–Crippen MR) is 175 cm³/mol. The number of aliphatic hydroxyl groups is 1. The number of hydrogen-bond acceptors (Lipinski definition) is 7. The van der Waals surface area contributed by atoms with Crippen molar-refractivity contribution in [2.45, 2.75) is 89.4 Å². The molecule has 246 valence electrons. The minimum Gasteiger partial charge on any atom is -0.392 e. The van der Waals surface area contributed by atoms with Crippen LogP contribution in [0.25, 0.3) is 11.1 Å². The SMILES string of the molecule is O=C(CCCC(=O)NCc1cccc(-c2ccc(C3OC(CN4CCCCCCC4)CC(c4ccc(CO)cc4)O3)cc2)c1)NO. The van der Waals surface area contributed by atoms with E-state index in [1.807, 2.05) is 30.3 Å². The van der Waals surface area contributed by atoms with E-state index in [-0.39, 0.29) is 37.6 Å². The van der Waals surface area contributed by atoms with Crippen LogP contribution < -0.4 is 10.8 Å². The monoisotopic (exact) mass is 629 g/mol. The number of nitrogens with zero attached hydrogens (tertiary/aromatic N) is 1. The van der Waals surface area contributed by atoms with E-state index in [1.54, 1.807) is 5.48 Å². The van der Waals surface area contributed by atoms with Gasteiger partial charge in [0.05, 0.1) is 18.8 Å². The van der Waals surface area contributed by atoms with Gasteiger partial charge in [-0.15, -0.1) is 0 Å². The molecule has 2 amide bonds. The van der Waals surface area contributed by atoms with Gasteiger partial charge >= 0.3 is 0 Å². The molecule has 0 radical (unpaired) electrons. The molecule has 2 aliphatic heterocycles. The number of hydroxylamine groups is 1. The molecule has 2 aliphatic rings. The first-order valence-electron chi connectivity index (χ1n) is 16.6. The van der Waals surface area contributed by atoms with E-state index in [1.165, 1.54) is 32.1 Å². The van der Waals surface area contributed by atoms with Crippen molar-refractivity contribution in [3.8, 4) is 11.1 Å². The Morgan fingerprint density at radius 2 is 1.48 bits per heavy atom. The number of carbonyl (C=O) groups is 2. The molecule has 46 heavy (non-hydrogen) atoms. The fourth-order valence-electron chi connectivity index (χ4n) is 6.26. The zero-order valence-electron chi connectivity index (χ0n) is 26.5. The summed E-state index contributed by atoms with van der Waals surface area (Å²) >= 11 is 0. The third-order valence-electron chi connectivity index (χ3n) is 8.89. The highest BCUT2D eigenvalue weighted by molar-refractivity contribution is 5.78. The van der Waals surface area contributed by atoms with Crippen LogP contribution in [0, 0.1) is 0 Å². The molecule has 5 rings (SSSR count). The molecule has 0 aromatic heterocycles. The summed E-state index contributed by atoms with van der Waals surface area (Å²) < 4.78 is 13.2. The van der Waals surface area contributed by atoms with Gasteiger partial charge in [0.1, 0.15) is 0 Å². The first kappa shape index (κ1) is 33.8. The van der Waals surface area contributed by atoms with E-state index >= 15 is 0 Å². The van der Waals surface area contributed by atoms with Gasteiger partial charge in [0.15, 0.2) is 6.29 Å². The second-order valence-corrected chi connectivity index (χ2v) is 12.4. The van der Waals surface area contributed by atoms with Gasteiger partial charge in [-0.05, 0) is 66.2 Å². The van der Waals surface area contributed by atoms with E-state index in [0.717, 1.165) is 59.4 Å². The Morgan fingerprint density at radius 3 is 2.20 bits per heavy atom. The Labute approximate surface area is 271 Å². The third-order valence-corrected chi connectivity index (χ3v) is 8.89. The van der Waals surface area contributed by atoms with E-state index < -0.39 is 12.2 Å². The van der Waals surface area contributed by atoms with Crippen LogP contribution >= 0.6 is 0 Å².